The Balaban J connectivity index is 2.35. The van der Waals surface area contributed by atoms with E-state index in [4.69, 9.17) is 5.73 Å². The third-order valence-corrected chi connectivity index (χ3v) is 1.40. The minimum absolute atomic E-state index is 0.0463. The average molecular weight is 116 g/mol. The summed E-state index contributed by atoms with van der Waals surface area (Å²) in [7, 11) is 0. The summed E-state index contributed by atoms with van der Waals surface area (Å²) in [4.78, 5) is 10.4. The van der Waals surface area contributed by atoms with Gasteiger partial charge in [-0.25, -0.2) is 0 Å². The summed E-state index contributed by atoms with van der Waals surface area (Å²) in [5.74, 6) is -0.220. The third kappa shape index (κ3) is 0.980. The van der Waals surface area contributed by atoms with Crippen LogP contribution in [0.15, 0.2) is 0 Å². The van der Waals surface area contributed by atoms with Crippen LogP contribution in [0.2, 0.25) is 0 Å². The van der Waals surface area contributed by atoms with Gasteiger partial charge in [-0.1, -0.05) is 0 Å². The average Bonchev–Trinajstić information content (AvgIpc) is 2.12. The molecule has 1 heterocycles. The molecule has 0 bridgehead atoms. The maximum absolute atomic E-state index is 10.4. The maximum Gasteiger partial charge on any atom is 0.234 e. The fourth-order valence-electron chi connectivity index (χ4n) is 0.927. The molecule has 0 aromatic rings. The summed E-state index contributed by atoms with van der Waals surface area (Å²) in [6.45, 7) is 0.938. The summed E-state index contributed by atoms with van der Waals surface area (Å²) in [5.41, 5.74) is 5.00. The van der Waals surface area contributed by atoms with Gasteiger partial charge in [-0.3, -0.25) is 4.79 Å². The highest BCUT2D eigenvalue weighted by atomic mass is 18.1. The fourth-order valence-corrected chi connectivity index (χ4v) is 0.927. The number of rotatable bonds is 1. The molecule has 1 fully saturated rings. The summed E-state index contributed by atoms with van der Waals surface area (Å²) in [5, 5.41) is 2.98. The van der Waals surface area contributed by atoms with Gasteiger partial charge in [0, 0.05) is 0 Å². The molecule has 1 aliphatic heterocycles. The van der Waals surface area contributed by atoms with Crippen LogP contribution in [-0.2, 0) is 4.79 Å². The predicted octanol–water partition coefficient (Wildman–Crippen LogP) is -0.776. The lowest BCUT2D eigenvalue weighted by Gasteiger charge is -2.01. The molecule has 3 heteroatoms. The third-order valence-electron chi connectivity index (χ3n) is 1.40. The summed E-state index contributed by atoms with van der Waals surface area (Å²) in [6, 6.07) is -0.0463. The van der Waals surface area contributed by atoms with Crippen molar-refractivity contribution in [3.8, 4) is 0 Å². The quantitative estimate of drug-likeness (QED) is 0.442. The van der Waals surface area contributed by atoms with Crippen LogP contribution in [0.1, 0.15) is 12.8 Å². The predicted molar refractivity (Wildman–Crippen MR) is 30.2 cm³/mol. The van der Waals surface area contributed by atoms with E-state index in [0.29, 0.717) is 0 Å². The van der Waals surface area contributed by atoms with Gasteiger partial charge in [0.05, 0.1) is 6.04 Å². The van der Waals surface area contributed by atoms with E-state index in [0.717, 1.165) is 19.4 Å². The minimum Gasteiger partial charge on any atom is -0.368 e. The van der Waals surface area contributed by atoms with Crippen molar-refractivity contribution in [2.24, 2.45) is 5.73 Å². The van der Waals surface area contributed by atoms with Crippen molar-refractivity contribution in [2.45, 2.75) is 18.9 Å². The molecule has 0 radical (unpaired) electrons. The summed E-state index contributed by atoms with van der Waals surface area (Å²) in [6.07, 6.45) is 1.99. The molecule has 1 saturated heterocycles. The summed E-state index contributed by atoms with van der Waals surface area (Å²) < 4.78 is 0. The van der Waals surface area contributed by atoms with E-state index in [1.165, 1.54) is 0 Å². The van der Waals surface area contributed by atoms with Gasteiger partial charge < -0.3 is 11.1 Å². The Morgan fingerprint density at radius 2 is 2.50 bits per heavy atom. The first kappa shape index (κ1) is 5.56. The molecule has 46 valence electrons. The van der Waals surface area contributed by atoms with Crippen molar-refractivity contribution >= 4 is 5.91 Å². The molecule has 8 heavy (non-hydrogen) atoms. The topological polar surface area (TPSA) is 55.1 Å². The van der Waals surface area contributed by atoms with E-state index in [9.17, 15) is 4.79 Å². The second-order valence-electron chi connectivity index (χ2n) is 2.05. The zero-order valence-electron chi connectivity index (χ0n) is 4.68. The number of nitrogens with one attached hydrogen (secondary N) is 1. The van der Waals surface area contributed by atoms with Crippen LogP contribution in [0.25, 0.3) is 0 Å². The molecule has 1 aliphatic rings. The molecule has 1 amide bonds. The lowest BCUT2D eigenvalue weighted by molar-refractivity contribution is -0.119. The van der Waals surface area contributed by atoms with Crippen LogP contribution < -0.4 is 11.1 Å². The van der Waals surface area contributed by atoms with Crippen LogP contribution in [0.4, 0.5) is 0 Å². The van der Waals surface area contributed by atoms with Crippen LogP contribution in [0, 0.1) is 0 Å². The van der Waals surface area contributed by atoms with Crippen molar-refractivity contribution in [3.63, 3.8) is 0 Å². The molecule has 0 aliphatic carbocycles. The maximum atomic E-state index is 10.4. The Labute approximate surface area is 48.2 Å². The molecule has 3 nitrogen and oxygen atoms in total. The highest BCUT2D eigenvalue weighted by molar-refractivity contribution is 5.80. The van der Waals surface area contributed by atoms with Gasteiger partial charge in [0.1, 0.15) is 0 Å². The van der Waals surface area contributed by atoms with Crippen LogP contribution >= 0.6 is 0 Å². The molecule has 0 unspecified atom stereocenters. The second-order valence-corrected chi connectivity index (χ2v) is 2.05. The smallest absolute Gasteiger partial charge is 0.234 e. The molecular formula is C5H10N2O. The van der Waals surface area contributed by atoms with Gasteiger partial charge in [-0.2, -0.15) is 0 Å². The van der Waals surface area contributed by atoms with Gasteiger partial charge >= 0.3 is 0 Å². The molecule has 0 saturated carbocycles. The van der Waals surface area contributed by atoms with E-state index in [-0.39, 0.29) is 11.9 Å². The monoisotopic (exact) mass is 116 g/mol. The molecule has 3 N–H and O–H groups in total. The minimum atomic E-state index is -0.220. The first-order valence-electron chi connectivity index (χ1n) is 2.83. The summed E-state index contributed by atoms with van der Waals surface area (Å²) >= 11 is 0. The lowest BCUT2D eigenvalue weighted by atomic mass is 10.2. The van der Waals surface area contributed by atoms with Crippen LogP contribution in [-0.4, -0.2) is 18.5 Å². The van der Waals surface area contributed by atoms with Crippen molar-refractivity contribution in [1.29, 1.82) is 0 Å². The molecule has 1 rings (SSSR count). The zero-order chi connectivity index (χ0) is 5.98. The number of hydrogen-bond acceptors (Lipinski definition) is 2. The zero-order valence-corrected chi connectivity index (χ0v) is 4.68. The van der Waals surface area contributed by atoms with Gasteiger partial charge in [0.15, 0.2) is 0 Å². The van der Waals surface area contributed by atoms with E-state index >= 15 is 0 Å². The number of amides is 1. The molecule has 0 aromatic carbocycles. The molecule has 0 aromatic heterocycles. The number of carbonyl (C=O) groups excluding carboxylic acids is 1. The van der Waals surface area contributed by atoms with E-state index in [2.05, 4.69) is 5.32 Å². The van der Waals surface area contributed by atoms with E-state index < -0.39 is 0 Å². The number of primary amides is 1. The number of carbonyl (C=O) groups is 1. The first-order valence-corrected chi connectivity index (χ1v) is 2.83. The number of hydrogen-bond donors (Lipinski definition) is 2. The van der Waals surface area contributed by atoms with Gasteiger partial charge in [0.25, 0.3) is 0 Å². The SMILES string of the molecule is NC(=[18O])[C@@H]1CCCN1. The highest BCUT2D eigenvalue weighted by Gasteiger charge is 2.18. The largest absolute Gasteiger partial charge is 0.368 e. The Bertz CT molecular complexity index is 96.6. The van der Waals surface area contributed by atoms with E-state index in [1.807, 2.05) is 0 Å². The van der Waals surface area contributed by atoms with Crippen molar-refractivity contribution < 1.29 is 4.79 Å². The van der Waals surface area contributed by atoms with Gasteiger partial charge in [-0.05, 0) is 19.4 Å². The Morgan fingerprint density at radius 3 is 2.75 bits per heavy atom. The van der Waals surface area contributed by atoms with E-state index in [1.54, 1.807) is 0 Å². The molecule has 0 spiro atoms. The first-order chi connectivity index (χ1) is 3.80. The van der Waals surface area contributed by atoms with Gasteiger partial charge in [0.2, 0.25) is 5.91 Å². The highest BCUT2D eigenvalue weighted by Crippen LogP contribution is 2.02. The van der Waals surface area contributed by atoms with Crippen LogP contribution in [0.3, 0.4) is 0 Å². The standard InChI is InChI=1S/C5H10N2O/c6-5(8)4-2-1-3-7-4/h4,7H,1-3H2,(H2,6,8)/t4-/m0/s1/i8+2. The fraction of sp³-hybridized carbons (Fsp3) is 0.800. The van der Waals surface area contributed by atoms with Crippen molar-refractivity contribution in [3.05, 3.63) is 0 Å². The molecule has 1 atom stereocenters. The van der Waals surface area contributed by atoms with Gasteiger partial charge in [-0.15, -0.1) is 0 Å². The Hall–Kier alpha value is -0.570. The van der Waals surface area contributed by atoms with Crippen LogP contribution in [0.5, 0.6) is 0 Å². The Morgan fingerprint density at radius 1 is 1.75 bits per heavy atom. The number of nitrogens with two attached hydrogens (primary N) is 1. The Kier molecular flexibility index (Phi) is 1.48. The second kappa shape index (κ2) is 2.13. The lowest BCUT2D eigenvalue weighted by Crippen LogP contribution is -2.36. The van der Waals surface area contributed by atoms with Crippen molar-refractivity contribution in [1.82, 2.24) is 5.32 Å². The normalized spacial score (nSPS) is 28.2. The van der Waals surface area contributed by atoms with Crippen molar-refractivity contribution in [2.75, 3.05) is 6.54 Å². The molecular weight excluding hydrogens is 106 g/mol.